The van der Waals surface area contributed by atoms with Crippen LogP contribution in [0.1, 0.15) is 25.9 Å². The molecule has 154 valence electrons. The zero-order valence-electron chi connectivity index (χ0n) is 14.5. The van der Waals surface area contributed by atoms with Crippen LogP contribution in [0.15, 0.2) is 35.1 Å². The number of carbonyl (C=O) groups is 2. The van der Waals surface area contributed by atoms with E-state index in [0.717, 1.165) is 6.07 Å². The first-order valence-corrected chi connectivity index (χ1v) is 9.25. The largest absolute Gasteiger partial charge is 0.464 e. The number of hydrogen-bond acceptors (Lipinski definition) is 6. The highest BCUT2D eigenvalue weighted by Gasteiger charge is 2.35. The molecule has 0 aromatic carbocycles. The molecule has 4 aromatic rings. The molecule has 0 aliphatic rings. The summed E-state index contributed by atoms with van der Waals surface area (Å²) in [5.41, 5.74) is 3.98. The van der Waals surface area contributed by atoms with E-state index in [0.29, 0.717) is 11.3 Å². The van der Waals surface area contributed by atoms with E-state index in [2.05, 4.69) is 20.5 Å². The van der Waals surface area contributed by atoms with E-state index in [4.69, 9.17) is 21.8 Å². The summed E-state index contributed by atoms with van der Waals surface area (Å²) in [4.78, 5) is 27.8. The average molecular weight is 456 g/mol. The number of aromatic nitrogens is 3. The number of anilines is 1. The smallest absolute Gasteiger partial charge is 0.433 e. The van der Waals surface area contributed by atoms with Crippen molar-refractivity contribution in [1.82, 2.24) is 15.2 Å². The normalized spacial score (nSPS) is 11.7. The molecule has 0 bridgehead atoms. The van der Waals surface area contributed by atoms with Gasteiger partial charge in [-0.05, 0) is 18.2 Å². The van der Waals surface area contributed by atoms with Gasteiger partial charge in [-0.2, -0.15) is 18.3 Å². The third-order valence-corrected chi connectivity index (χ3v) is 5.41. The number of primary amides is 1. The minimum Gasteiger partial charge on any atom is -0.464 e. The molecule has 0 unspecified atom stereocenters. The van der Waals surface area contributed by atoms with Gasteiger partial charge in [0.2, 0.25) is 0 Å². The van der Waals surface area contributed by atoms with E-state index in [1.807, 2.05) is 0 Å². The fraction of sp³-hybridized carbons (Fsp3) is 0.0588. The van der Waals surface area contributed by atoms with Crippen LogP contribution in [0.2, 0.25) is 5.02 Å². The van der Waals surface area contributed by atoms with Gasteiger partial charge in [-0.1, -0.05) is 11.6 Å². The second kappa shape index (κ2) is 7.15. The van der Waals surface area contributed by atoms with Crippen molar-refractivity contribution in [3.05, 3.63) is 51.9 Å². The highest BCUT2D eigenvalue weighted by Crippen LogP contribution is 2.43. The number of amides is 2. The van der Waals surface area contributed by atoms with Gasteiger partial charge in [0.15, 0.2) is 0 Å². The minimum absolute atomic E-state index is 0.0106. The molecule has 2 amide bonds. The SMILES string of the molecule is NC(=O)c1sc2nc(C(F)(F)F)cc(-c3ccco3)c2c1NC(=O)c1[nH]ncc1Cl. The van der Waals surface area contributed by atoms with Crippen molar-refractivity contribution in [1.29, 1.82) is 0 Å². The Morgan fingerprint density at radius 3 is 2.67 bits per heavy atom. The Labute approximate surface area is 173 Å². The van der Waals surface area contributed by atoms with Crippen molar-refractivity contribution < 1.29 is 27.2 Å². The van der Waals surface area contributed by atoms with E-state index in [1.54, 1.807) is 0 Å². The second-order valence-electron chi connectivity index (χ2n) is 5.93. The van der Waals surface area contributed by atoms with Crippen LogP contribution in [-0.4, -0.2) is 27.0 Å². The van der Waals surface area contributed by atoms with E-state index >= 15 is 0 Å². The quantitative estimate of drug-likeness (QED) is 0.422. The van der Waals surface area contributed by atoms with Crippen molar-refractivity contribution in [2.45, 2.75) is 6.18 Å². The summed E-state index contributed by atoms with van der Waals surface area (Å²) in [6, 6.07) is 3.70. The highest BCUT2D eigenvalue weighted by atomic mass is 35.5. The summed E-state index contributed by atoms with van der Waals surface area (Å²) < 4.78 is 45.4. The summed E-state index contributed by atoms with van der Waals surface area (Å²) in [6.07, 6.45) is -2.28. The molecule has 0 aliphatic carbocycles. The molecule has 4 rings (SSSR count). The standard InChI is InChI=1S/C17H9ClF3N5O3S/c18-7-5-23-26-11(7)15(28)25-12-10-6(8-2-1-3-29-8)4-9(17(19,20)21)24-16(10)30-13(12)14(22)27/h1-5H,(H2,22,27)(H,23,26)(H,25,28). The van der Waals surface area contributed by atoms with E-state index < -0.39 is 23.7 Å². The van der Waals surface area contributed by atoms with Crippen molar-refractivity contribution in [2.24, 2.45) is 5.73 Å². The number of hydrogen-bond donors (Lipinski definition) is 3. The second-order valence-corrected chi connectivity index (χ2v) is 7.33. The molecule has 0 saturated carbocycles. The topological polar surface area (TPSA) is 127 Å². The van der Waals surface area contributed by atoms with Gasteiger partial charge in [0.25, 0.3) is 11.8 Å². The van der Waals surface area contributed by atoms with Gasteiger partial charge < -0.3 is 15.5 Å². The van der Waals surface area contributed by atoms with Crippen molar-refractivity contribution in [3.63, 3.8) is 0 Å². The summed E-state index contributed by atoms with van der Waals surface area (Å²) in [6.45, 7) is 0. The predicted molar refractivity (Wildman–Crippen MR) is 102 cm³/mol. The molecule has 4 heterocycles. The van der Waals surface area contributed by atoms with E-state index in [9.17, 15) is 22.8 Å². The monoisotopic (exact) mass is 455 g/mol. The molecular weight excluding hydrogens is 447 g/mol. The molecule has 30 heavy (non-hydrogen) atoms. The Morgan fingerprint density at radius 2 is 2.10 bits per heavy atom. The predicted octanol–water partition coefficient (Wildman–Crippen LogP) is 4.30. The molecular formula is C17H9ClF3N5O3S. The van der Waals surface area contributed by atoms with Crippen LogP contribution in [0, 0.1) is 0 Å². The van der Waals surface area contributed by atoms with Crippen LogP contribution in [0.4, 0.5) is 18.9 Å². The molecule has 0 fully saturated rings. The number of carbonyl (C=O) groups excluding carboxylic acids is 2. The number of furan rings is 1. The van der Waals surface area contributed by atoms with Crippen LogP contribution in [-0.2, 0) is 6.18 Å². The summed E-state index contributed by atoms with van der Waals surface area (Å²) in [7, 11) is 0. The summed E-state index contributed by atoms with van der Waals surface area (Å²) >= 11 is 6.50. The number of fused-ring (bicyclic) bond motifs is 1. The lowest BCUT2D eigenvalue weighted by Gasteiger charge is -2.10. The number of nitrogens with zero attached hydrogens (tertiary/aromatic N) is 2. The number of halogens is 4. The maximum atomic E-state index is 13.4. The molecule has 0 spiro atoms. The number of nitrogens with two attached hydrogens (primary N) is 1. The van der Waals surface area contributed by atoms with E-state index in [-0.39, 0.29) is 42.8 Å². The molecule has 13 heteroatoms. The Bertz CT molecular complexity index is 1280. The molecule has 0 aliphatic heterocycles. The molecule has 0 atom stereocenters. The number of aromatic amines is 1. The maximum Gasteiger partial charge on any atom is 0.433 e. The highest BCUT2D eigenvalue weighted by molar-refractivity contribution is 7.21. The number of H-pyrrole nitrogens is 1. The van der Waals surface area contributed by atoms with Crippen molar-refractivity contribution >= 4 is 50.7 Å². The summed E-state index contributed by atoms with van der Waals surface area (Å²) in [5, 5.41) is 8.58. The van der Waals surface area contributed by atoms with Crippen molar-refractivity contribution in [3.8, 4) is 11.3 Å². The van der Waals surface area contributed by atoms with Gasteiger partial charge in [-0.3, -0.25) is 14.7 Å². The zero-order chi connectivity index (χ0) is 21.6. The molecule has 8 nitrogen and oxygen atoms in total. The fourth-order valence-electron chi connectivity index (χ4n) is 2.77. The van der Waals surface area contributed by atoms with Crippen molar-refractivity contribution in [2.75, 3.05) is 5.32 Å². The Kier molecular flexibility index (Phi) is 4.74. The average Bonchev–Trinajstić information content (AvgIpc) is 3.40. The fourth-order valence-corrected chi connectivity index (χ4v) is 3.95. The maximum absolute atomic E-state index is 13.4. The molecule has 0 saturated heterocycles. The number of nitrogens with one attached hydrogen (secondary N) is 2. The van der Waals surface area contributed by atoms with Crippen LogP contribution >= 0.6 is 22.9 Å². The number of pyridine rings is 1. The third kappa shape index (κ3) is 3.39. The minimum atomic E-state index is -4.75. The Balaban J connectivity index is 1.99. The number of rotatable bonds is 4. The Hall–Kier alpha value is -3.38. The number of thiophene rings is 1. The van der Waals surface area contributed by atoms with Gasteiger partial charge >= 0.3 is 6.18 Å². The molecule has 4 N–H and O–H groups in total. The first-order valence-electron chi connectivity index (χ1n) is 8.05. The zero-order valence-corrected chi connectivity index (χ0v) is 16.1. The van der Waals surface area contributed by atoms with Crippen LogP contribution in [0.3, 0.4) is 0 Å². The first kappa shape index (κ1) is 19.9. The molecule has 0 radical (unpaired) electrons. The molecule has 4 aromatic heterocycles. The van der Waals surface area contributed by atoms with Crippen LogP contribution in [0.5, 0.6) is 0 Å². The van der Waals surface area contributed by atoms with Gasteiger partial charge in [-0.15, -0.1) is 11.3 Å². The lowest BCUT2D eigenvalue weighted by Crippen LogP contribution is -2.17. The first-order chi connectivity index (χ1) is 14.2. The van der Waals surface area contributed by atoms with Gasteiger partial charge in [0.05, 0.1) is 23.2 Å². The van der Waals surface area contributed by atoms with Gasteiger partial charge in [0, 0.05) is 10.9 Å². The van der Waals surface area contributed by atoms with Crippen LogP contribution in [0.25, 0.3) is 21.5 Å². The lowest BCUT2D eigenvalue weighted by atomic mass is 10.1. The summed E-state index contributed by atoms with van der Waals surface area (Å²) in [5.74, 6) is -1.65. The number of alkyl halides is 3. The third-order valence-electron chi connectivity index (χ3n) is 4.02. The lowest BCUT2D eigenvalue weighted by molar-refractivity contribution is -0.140. The van der Waals surface area contributed by atoms with Gasteiger partial charge in [0.1, 0.15) is 26.9 Å². The van der Waals surface area contributed by atoms with E-state index in [1.165, 1.54) is 24.6 Å². The van der Waals surface area contributed by atoms with Crippen LogP contribution < -0.4 is 11.1 Å². The Morgan fingerprint density at radius 1 is 1.33 bits per heavy atom. The van der Waals surface area contributed by atoms with Gasteiger partial charge in [-0.25, -0.2) is 4.98 Å².